The molecule has 1 aliphatic rings. The molecule has 0 saturated carbocycles. The highest BCUT2D eigenvalue weighted by molar-refractivity contribution is 6.39. The third-order valence-corrected chi connectivity index (χ3v) is 6.04. The Hall–Kier alpha value is -2.70. The van der Waals surface area contributed by atoms with Gasteiger partial charge in [-0.3, -0.25) is 9.59 Å². The van der Waals surface area contributed by atoms with Crippen molar-refractivity contribution >= 4 is 17.5 Å². The van der Waals surface area contributed by atoms with E-state index in [4.69, 9.17) is 0 Å². The number of piperazine rings is 1. The van der Waals surface area contributed by atoms with Crippen molar-refractivity contribution in [2.45, 2.75) is 26.3 Å². The molecule has 0 bridgehead atoms. The molecule has 0 aromatic heterocycles. The first-order valence-corrected chi connectivity index (χ1v) is 10.9. The minimum Gasteiger partial charge on any atom is -0.341 e. The fourth-order valence-corrected chi connectivity index (χ4v) is 4.05. The van der Waals surface area contributed by atoms with E-state index < -0.39 is 11.8 Å². The summed E-state index contributed by atoms with van der Waals surface area (Å²) in [7, 11) is 2.22. The van der Waals surface area contributed by atoms with Gasteiger partial charge in [-0.05, 0) is 25.0 Å². The van der Waals surface area contributed by atoms with Crippen LogP contribution in [0.25, 0.3) is 0 Å². The molecule has 0 spiro atoms. The van der Waals surface area contributed by atoms with Crippen LogP contribution in [-0.2, 0) is 16.0 Å². The van der Waals surface area contributed by atoms with Gasteiger partial charge in [0, 0.05) is 11.3 Å². The molecule has 1 aliphatic heterocycles. The molecular weight excluding hydrogens is 376 g/mol. The van der Waals surface area contributed by atoms with E-state index in [1.165, 1.54) is 16.0 Å². The van der Waals surface area contributed by atoms with Crippen molar-refractivity contribution in [2.24, 2.45) is 0 Å². The Balaban J connectivity index is 1.66. The zero-order valence-electron chi connectivity index (χ0n) is 18.3. The van der Waals surface area contributed by atoms with E-state index in [2.05, 4.69) is 48.9 Å². The molecule has 2 aromatic carbocycles. The van der Waals surface area contributed by atoms with Crippen molar-refractivity contribution in [3.05, 3.63) is 65.2 Å². The maximum atomic E-state index is 12.5. The quantitative estimate of drug-likeness (QED) is 0.497. The predicted octanol–water partition coefficient (Wildman–Crippen LogP) is -0.233. The van der Waals surface area contributed by atoms with Gasteiger partial charge in [0.05, 0.1) is 13.6 Å². The van der Waals surface area contributed by atoms with Gasteiger partial charge in [-0.1, -0.05) is 55.0 Å². The van der Waals surface area contributed by atoms with Crippen molar-refractivity contribution in [3.8, 4) is 0 Å². The van der Waals surface area contributed by atoms with Gasteiger partial charge in [-0.15, -0.1) is 0 Å². The average Bonchev–Trinajstić information content (AvgIpc) is 2.76. The summed E-state index contributed by atoms with van der Waals surface area (Å²) < 4.78 is 0. The molecule has 1 saturated heterocycles. The first kappa shape index (κ1) is 22.0. The maximum absolute atomic E-state index is 12.5. The summed E-state index contributed by atoms with van der Waals surface area (Å²) >= 11 is 0. The number of benzene rings is 2. The molecule has 1 fully saturated rings. The van der Waals surface area contributed by atoms with E-state index in [1.807, 2.05) is 31.2 Å². The monoisotopic (exact) mass is 410 g/mol. The SMILES string of the molecule is CCc1ccccc1NC(=O)C(=O)NC[C@H](c1ccc(C)cc1)[NH+]1CC[NH+](C)CC1. The van der Waals surface area contributed by atoms with Crippen LogP contribution in [-0.4, -0.2) is 51.6 Å². The van der Waals surface area contributed by atoms with Gasteiger partial charge < -0.3 is 20.4 Å². The van der Waals surface area contributed by atoms with E-state index in [-0.39, 0.29) is 6.04 Å². The van der Waals surface area contributed by atoms with Crippen LogP contribution in [0.15, 0.2) is 48.5 Å². The Morgan fingerprint density at radius 2 is 1.63 bits per heavy atom. The van der Waals surface area contributed by atoms with Crippen molar-refractivity contribution in [1.82, 2.24) is 5.32 Å². The van der Waals surface area contributed by atoms with Crippen LogP contribution in [0.2, 0.25) is 0 Å². The minimum absolute atomic E-state index is 0.137. The Morgan fingerprint density at radius 1 is 0.967 bits per heavy atom. The number of hydrogen-bond donors (Lipinski definition) is 4. The number of aryl methyl sites for hydroxylation is 2. The van der Waals surface area contributed by atoms with Crippen molar-refractivity contribution in [2.75, 3.05) is 45.1 Å². The van der Waals surface area contributed by atoms with Gasteiger partial charge in [0.1, 0.15) is 32.2 Å². The molecule has 6 nitrogen and oxygen atoms in total. The van der Waals surface area contributed by atoms with Gasteiger partial charge in [-0.2, -0.15) is 0 Å². The number of amides is 2. The van der Waals surface area contributed by atoms with E-state index in [9.17, 15) is 9.59 Å². The first-order chi connectivity index (χ1) is 14.5. The molecule has 0 aliphatic carbocycles. The number of para-hydroxylation sites is 1. The van der Waals surface area contributed by atoms with Crippen molar-refractivity contribution in [3.63, 3.8) is 0 Å². The molecule has 1 heterocycles. The number of anilines is 1. The van der Waals surface area contributed by atoms with E-state index >= 15 is 0 Å². The Labute approximate surface area is 179 Å². The first-order valence-electron chi connectivity index (χ1n) is 10.9. The standard InChI is InChI=1S/C24H32N4O2/c1-4-19-7-5-6-8-21(19)26-24(30)23(29)25-17-22(20-11-9-18(2)10-12-20)28-15-13-27(3)14-16-28/h5-12,22H,4,13-17H2,1-3H3,(H,25,29)(H,26,30)/p+2/t22-/m1/s1. The molecular formula is C24H34N4O2+2. The maximum Gasteiger partial charge on any atom is 0.313 e. The molecule has 2 aromatic rings. The lowest BCUT2D eigenvalue weighted by Gasteiger charge is -2.33. The summed E-state index contributed by atoms with van der Waals surface area (Å²) in [6.07, 6.45) is 0.794. The largest absolute Gasteiger partial charge is 0.341 e. The zero-order chi connectivity index (χ0) is 21.5. The number of quaternary nitrogens is 2. The molecule has 0 unspecified atom stereocenters. The van der Waals surface area contributed by atoms with Gasteiger partial charge in [0.15, 0.2) is 0 Å². The van der Waals surface area contributed by atoms with Gasteiger partial charge >= 0.3 is 11.8 Å². The second kappa shape index (κ2) is 10.4. The Morgan fingerprint density at radius 3 is 2.30 bits per heavy atom. The number of rotatable bonds is 6. The summed E-state index contributed by atoms with van der Waals surface area (Å²) in [5, 5.41) is 5.64. The third-order valence-electron chi connectivity index (χ3n) is 6.04. The van der Waals surface area contributed by atoms with Crippen LogP contribution in [0.4, 0.5) is 5.69 Å². The summed E-state index contributed by atoms with van der Waals surface area (Å²) in [5.41, 5.74) is 4.13. The third kappa shape index (κ3) is 5.68. The molecule has 0 radical (unpaired) electrons. The van der Waals surface area contributed by atoms with Crippen molar-refractivity contribution < 1.29 is 19.4 Å². The van der Waals surface area contributed by atoms with Crippen LogP contribution >= 0.6 is 0 Å². The molecule has 4 N–H and O–H groups in total. The Kier molecular flexibility index (Phi) is 7.60. The fraction of sp³-hybridized carbons (Fsp3) is 0.417. The van der Waals surface area contributed by atoms with Crippen LogP contribution in [0.5, 0.6) is 0 Å². The molecule has 160 valence electrons. The van der Waals surface area contributed by atoms with Gasteiger partial charge in [0.2, 0.25) is 0 Å². The van der Waals surface area contributed by atoms with E-state index in [0.29, 0.717) is 12.2 Å². The van der Waals surface area contributed by atoms with Crippen LogP contribution < -0.4 is 20.4 Å². The Bertz CT molecular complexity index is 858. The minimum atomic E-state index is -0.614. The van der Waals surface area contributed by atoms with Gasteiger partial charge in [0.25, 0.3) is 0 Å². The number of hydrogen-bond acceptors (Lipinski definition) is 2. The highest BCUT2D eigenvalue weighted by Crippen LogP contribution is 2.15. The second-order valence-corrected chi connectivity index (χ2v) is 8.25. The van der Waals surface area contributed by atoms with Crippen LogP contribution in [0.1, 0.15) is 29.7 Å². The number of carbonyl (C=O) groups excluding carboxylic acids is 2. The predicted molar refractivity (Wildman–Crippen MR) is 119 cm³/mol. The molecule has 3 rings (SSSR count). The average molecular weight is 411 g/mol. The molecule has 6 heteroatoms. The van der Waals surface area contributed by atoms with E-state index in [0.717, 1.165) is 38.2 Å². The second-order valence-electron chi connectivity index (χ2n) is 8.25. The lowest BCUT2D eigenvalue weighted by molar-refractivity contribution is -1.02. The zero-order valence-corrected chi connectivity index (χ0v) is 18.3. The fourth-order valence-electron chi connectivity index (χ4n) is 4.05. The summed E-state index contributed by atoms with van der Waals surface area (Å²) in [6, 6.07) is 16.2. The lowest BCUT2D eigenvalue weighted by Crippen LogP contribution is -3.27. The number of carbonyl (C=O) groups is 2. The summed E-state index contributed by atoms with van der Waals surface area (Å²) in [5.74, 6) is -1.20. The smallest absolute Gasteiger partial charge is 0.313 e. The normalized spacial score (nSPS) is 19.7. The molecule has 1 atom stereocenters. The number of likely N-dealkylation sites (N-methyl/N-ethyl adjacent to an activating group) is 1. The van der Waals surface area contributed by atoms with Crippen LogP contribution in [0, 0.1) is 6.92 Å². The van der Waals surface area contributed by atoms with Crippen molar-refractivity contribution in [1.29, 1.82) is 0 Å². The summed E-state index contributed by atoms with van der Waals surface area (Å²) in [6.45, 7) is 8.87. The highest BCUT2D eigenvalue weighted by Gasteiger charge is 2.30. The molecule has 2 amide bonds. The lowest BCUT2D eigenvalue weighted by atomic mass is 10.0. The van der Waals surface area contributed by atoms with E-state index in [1.54, 1.807) is 4.90 Å². The number of nitrogens with one attached hydrogen (secondary N) is 4. The van der Waals surface area contributed by atoms with Crippen LogP contribution in [0.3, 0.4) is 0 Å². The van der Waals surface area contributed by atoms with Gasteiger partial charge in [-0.25, -0.2) is 0 Å². The topological polar surface area (TPSA) is 67.1 Å². The molecule has 30 heavy (non-hydrogen) atoms. The highest BCUT2D eigenvalue weighted by atomic mass is 16.2. The summed E-state index contributed by atoms with van der Waals surface area (Å²) in [4.78, 5) is 28.0.